The van der Waals surface area contributed by atoms with Crippen molar-refractivity contribution >= 4 is 16.6 Å². The maximum absolute atomic E-state index is 13.4. The molecule has 0 radical (unpaired) electrons. The van der Waals surface area contributed by atoms with Crippen LogP contribution in [-0.2, 0) is 0 Å². The van der Waals surface area contributed by atoms with Crippen LogP contribution in [0.2, 0.25) is 0 Å². The van der Waals surface area contributed by atoms with E-state index in [0.29, 0.717) is 29.5 Å². The van der Waals surface area contributed by atoms with Crippen LogP contribution in [0.15, 0.2) is 54.6 Å². The summed E-state index contributed by atoms with van der Waals surface area (Å²) in [5, 5.41) is 5.30. The van der Waals surface area contributed by atoms with Gasteiger partial charge in [0.1, 0.15) is 17.2 Å². The van der Waals surface area contributed by atoms with Crippen LogP contribution in [0.3, 0.4) is 0 Å². The van der Waals surface area contributed by atoms with E-state index in [9.17, 15) is 4.79 Å². The summed E-state index contributed by atoms with van der Waals surface area (Å²) in [6.07, 6.45) is 4.77. The van der Waals surface area contributed by atoms with E-state index in [-0.39, 0.29) is 5.78 Å². The number of benzene rings is 3. The summed E-state index contributed by atoms with van der Waals surface area (Å²) in [6, 6.07) is 17.4. The van der Waals surface area contributed by atoms with Gasteiger partial charge in [-0.2, -0.15) is 0 Å². The molecule has 5 heteroatoms. The molecule has 162 valence electrons. The minimum atomic E-state index is -0.0782. The Morgan fingerprint density at radius 3 is 2.48 bits per heavy atom. The van der Waals surface area contributed by atoms with Gasteiger partial charge in [0, 0.05) is 11.6 Å². The molecule has 0 spiro atoms. The first-order chi connectivity index (χ1) is 15.2. The lowest BCUT2D eigenvalue weighted by Gasteiger charge is -2.23. The molecular weight excluding hydrogens is 390 g/mol. The summed E-state index contributed by atoms with van der Waals surface area (Å²) in [4.78, 5) is 13.4. The Bertz CT molecular complexity index is 1040. The quantitative estimate of drug-likeness (QED) is 0.521. The number of methoxy groups -OCH3 is 2. The zero-order chi connectivity index (χ0) is 21.6. The molecule has 31 heavy (non-hydrogen) atoms. The minimum absolute atomic E-state index is 0.0782. The number of hydrogen-bond acceptors (Lipinski definition) is 5. The Morgan fingerprint density at radius 1 is 0.968 bits per heavy atom. The first kappa shape index (κ1) is 21.2. The van der Waals surface area contributed by atoms with Gasteiger partial charge in [0.25, 0.3) is 0 Å². The largest absolute Gasteiger partial charge is 0.497 e. The Morgan fingerprint density at radius 2 is 1.77 bits per heavy atom. The number of carbonyl (C=O) groups excluding carboxylic acids is 1. The molecule has 1 unspecified atom stereocenters. The highest BCUT2D eigenvalue weighted by Crippen LogP contribution is 2.32. The van der Waals surface area contributed by atoms with E-state index < -0.39 is 0 Å². The predicted molar refractivity (Wildman–Crippen MR) is 123 cm³/mol. The van der Waals surface area contributed by atoms with Gasteiger partial charge >= 0.3 is 0 Å². The molecule has 0 aliphatic carbocycles. The average molecular weight is 420 g/mol. The van der Waals surface area contributed by atoms with Crippen molar-refractivity contribution < 1.29 is 19.0 Å². The highest BCUT2D eigenvalue weighted by Gasteiger charge is 2.19. The molecule has 0 bridgehead atoms. The second kappa shape index (κ2) is 9.84. The van der Waals surface area contributed by atoms with E-state index in [2.05, 4.69) is 5.32 Å². The molecule has 0 aromatic heterocycles. The second-order valence-corrected chi connectivity index (χ2v) is 7.87. The first-order valence-corrected chi connectivity index (χ1v) is 10.9. The zero-order valence-corrected chi connectivity index (χ0v) is 18.1. The molecule has 3 aromatic carbocycles. The fourth-order valence-electron chi connectivity index (χ4n) is 4.16. The molecular formula is C26H29NO4. The fourth-order valence-corrected chi connectivity index (χ4v) is 4.16. The van der Waals surface area contributed by atoms with Crippen molar-refractivity contribution in [2.45, 2.75) is 31.7 Å². The summed E-state index contributed by atoms with van der Waals surface area (Å²) in [5.41, 5.74) is 1.16. The molecule has 1 fully saturated rings. The van der Waals surface area contributed by atoms with Crippen LogP contribution in [0.4, 0.5) is 0 Å². The van der Waals surface area contributed by atoms with E-state index in [1.807, 2.05) is 54.6 Å². The number of nitrogens with one attached hydrogen (secondary N) is 1. The molecule has 1 atom stereocenters. The van der Waals surface area contributed by atoms with Gasteiger partial charge in [-0.05, 0) is 85.1 Å². The molecule has 1 saturated heterocycles. The van der Waals surface area contributed by atoms with E-state index in [1.165, 1.54) is 19.3 Å². The number of fused-ring (bicyclic) bond motifs is 1. The van der Waals surface area contributed by atoms with Crippen LogP contribution < -0.4 is 19.5 Å². The topological polar surface area (TPSA) is 56.8 Å². The Kier molecular flexibility index (Phi) is 6.73. The summed E-state index contributed by atoms with van der Waals surface area (Å²) < 4.78 is 16.7. The van der Waals surface area contributed by atoms with Gasteiger partial charge < -0.3 is 19.5 Å². The van der Waals surface area contributed by atoms with Gasteiger partial charge in [-0.3, -0.25) is 4.79 Å². The average Bonchev–Trinajstić information content (AvgIpc) is 2.83. The van der Waals surface area contributed by atoms with Gasteiger partial charge in [0.2, 0.25) is 0 Å². The maximum atomic E-state index is 13.4. The highest BCUT2D eigenvalue weighted by molar-refractivity contribution is 6.18. The van der Waals surface area contributed by atoms with Crippen LogP contribution >= 0.6 is 0 Å². The molecule has 1 N–H and O–H groups in total. The van der Waals surface area contributed by atoms with Crippen molar-refractivity contribution in [3.63, 3.8) is 0 Å². The highest BCUT2D eigenvalue weighted by atomic mass is 16.5. The van der Waals surface area contributed by atoms with E-state index >= 15 is 0 Å². The molecule has 3 aromatic rings. The number of ether oxygens (including phenoxy) is 3. The Hall–Kier alpha value is -3.05. The number of hydrogen-bond donors (Lipinski definition) is 1. The fraction of sp³-hybridized carbons (Fsp3) is 0.346. The lowest BCUT2D eigenvalue weighted by Crippen LogP contribution is -2.35. The third-order valence-corrected chi connectivity index (χ3v) is 5.90. The van der Waals surface area contributed by atoms with Crippen molar-refractivity contribution in [3.05, 3.63) is 65.7 Å². The van der Waals surface area contributed by atoms with Crippen molar-refractivity contribution in [1.82, 2.24) is 5.32 Å². The van der Waals surface area contributed by atoms with Gasteiger partial charge in [0.05, 0.1) is 26.4 Å². The van der Waals surface area contributed by atoms with E-state index in [4.69, 9.17) is 14.2 Å². The van der Waals surface area contributed by atoms with Crippen molar-refractivity contribution in [2.75, 3.05) is 27.4 Å². The van der Waals surface area contributed by atoms with Crippen LogP contribution in [0.5, 0.6) is 17.2 Å². The second-order valence-electron chi connectivity index (χ2n) is 7.87. The Labute approximate surface area is 183 Å². The predicted octanol–water partition coefficient (Wildman–Crippen LogP) is 5.00. The normalized spacial score (nSPS) is 16.1. The number of ketones is 1. The molecule has 4 rings (SSSR count). The lowest BCUT2D eigenvalue weighted by atomic mass is 9.96. The van der Waals surface area contributed by atoms with Crippen LogP contribution in [0.1, 0.15) is 41.6 Å². The SMILES string of the molecule is COc1ccc2c(C(=O)c3ccc(OCCC4CCCCN4)cc3)c(OC)ccc2c1. The van der Waals surface area contributed by atoms with Crippen molar-refractivity contribution in [1.29, 1.82) is 0 Å². The Balaban J connectivity index is 1.50. The summed E-state index contributed by atoms with van der Waals surface area (Å²) in [7, 11) is 3.21. The van der Waals surface area contributed by atoms with Crippen molar-refractivity contribution in [2.24, 2.45) is 0 Å². The zero-order valence-electron chi connectivity index (χ0n) is 18.1. The molecule has 0 amide bonds. The van der Waals surface area contributed by atoms with Crippen LogP contribution in [0, 0.1) is 0 Å². The molecule has 1 heterocycles. The van der Waals surface area contributed by atoms with Gasteiger partial charge in [-0.1, -0.05) is 12.5 Å². The minimum Gasteiger partial charge on any atom is -0.497 e. The van der Waals surface area contributed by atoms with Crippen LogP contribution in [0.25, 0.3) is 10.8 Å². The molecule has 0 saturated carbocycles. The standard InChI is InChI=1S/C26H29NO4/c1-29-22-11-12-23-19(17-22)8-13-24(30-2)25(23)26(28)18-6-9-21(10-7-18)31-16-14-20-5-3-4-15-27-20/h6-13,17,20,27H,3-5,14-16H2,1-2H3. The third kappa shape index (κ3) is 4.83. The lowest BCUT2D eigenvalue weighted by molar-refractivity contribution is 0.103. The summed E-state index contributed by atoms with van der Waals surface area (Å²) in [5.74, 6) is 2.01. The van der Waals surface area contributed by atoms with Gasteiger partial charge in [-0.15, -0.1) is 0 Å². The number of rotatable bonds is 8. The molecule has 1 aliphatic heterocycles. The first-order valence-electron chi connectivity index (χ1n) is 10.9. The van der Waals surface area contributed by atoms with Crippen LogP contribution in [-0.4, -0.2) is 39.2 Å². The third-order valence-electron chi connectivity index (χ3n) is 5.90. The number of carbonyl (C=O) groups is 1. The monoisotopic (exact) mass is 419 g/mol. The number of piperidine rings is 1. The molecule has 1 aliphatic rings. The smallest absolute Gasteiger partial charge is 0.197 e. The van der Waals surface area contributed by atoms with E-state index in [1.54, 1.807) is 14.2 Å². The van der Waals surface area contributed by atoms with Gasteiger partial charge in [-0.25, -0.2) is 0 Å². The molecule has 5 nitrogen and oxygen atoms in total. The van der Waals surface area contributed by atoms with Gasteiger partial charge in [0.15, 0.2) is 5.78 Å². The van der Waals surface area contributed by atoms with E-state index in [0.717, 1.165) is 35.2 Å². The maximum Gasteiger partial charge on any atom is 0.197 e. The summed E-state index contributed by atoms with van der Waals surface area (Å²) in [6.45, 7) is 1.77. The summed E-state index contributed by atoms with van der Waals surface area (Å²) >= 11 is 0. The van der Waals surface area contributed by atoms with Crippen molar-refractivity contribution in [3.8, 4) is 17.2 Å².